The van der Waals surface area contributed by atoms with E-state index in [1.807, 2.05) is 0 Å². The normalized spacial score (nSPS) is 22.1. The smallest absolute Gasteiger partial charge is 0.126 e. The Kier molecular flexibility index (Phi) is 3.99. The minimum atomic E-state index is -0.0157. The molecule has 2 aliphatic rings. The van der Waals surface area contributed by atoms with Gasteiger partial charge in [0.25, 0.3) is 0 Å². The van der Waals surface area contributed by atoms with E-state index in [1.54, 1.807) is 0 Å². The maximum absolute atomic E-state index is 6.26. The van der Waals surface area contributed by atoms with Crippen LogP contribution in [0.1, 0.15) is 31.4 Å². The maximum Gasteiger partial charge on any atom is 0.126 e. The third-order valence-corrected chi connectivity index (χ3v) is 4.46. The third kappa shape index (κ3) is 3.15. The zero-order chi connectivity index (χ0) is 14.0. The number of fused-ring (bicyclic) bond motifs is 1. The van der Waals surface area contributed by atoms with Gasteiger partial charge < -0.3 is 15.0 Å². The summed E-state index contributed by atoms with van der Waals surface area (Å²) in [7, 11) is 0. The molecule has 0 radical (unpaired) electrons. The van der Waals surface area contributed by atoms with Crippen molar-refractivity contribution in [2.45, 2.75) is 38.7 Å². The van der Waals surface area contributed by atoms with Gasteiger partial charge in [-0.1, -0.05) is 18.2 Å². The van der Waals surface area contributed by atoms with Crippen LogP contribution < -0.4 is 10.1 Å². The molecule has 0 spiro atoms. The summed E-state index contributed by atoms with van der Waals surface area (Å²) < 4.78 is 6.26. The van der Waals surface area contributed by atoms with Gasteiger partial charge in [-0.25, -0.2) is 0 Å². The molecule has 1 aromatic rings. The van der Waals surface area contributed by atoms with Gasteiger partial charge in [0.1, 0.15) is 11.4 Å². The fourth-order valence-electron chi connectivity index (χ4n) is 3.14. The third-order valence-electron chi connectivity index (χ3n) is 4.46. The van der Waals surface area contributed by atoms with E-state index in [2.05, 4.69) is 42.3 Å². The molecule has 0 amide bonds. The molecular formula is C17H26N2O. The second kappa shape index (κ2) is 5.74. The van der Waals surface area contributed by atoms with E-state index in [4.69, 9.17) is 4.74 Å². The van der Waals surface area contributed by atoms with Crippen LogP contribution in [-0.2, 0) is 12.8 Å². The number of benzene rings is 1. The van der Waals surface area contributed by atoms with Gasteiger partial charge in [0.15, 0.2) is 0 Å². The minimum Gasteiger partial charge on any atom is -0.487 e. The minimum absolute atomic E-state index is 0.0157. The molecule has 3 nitrogen and oxygen atoms in total. The molecule has 0 aliphatic carbocycles. The number of piperazine rings is 1. The zero-order valence-electron chi connectivity index (χ0n) is 12.7. The second-order valence-corrected chi connectivity index (χ2v) is 6.61. The molecule has 1 aromatic carbocycles. The lowest BCUT2D eigenvalue weighted by Crippen LogP contribution is -2.44. The van der Waals surface area contributed by atoms with E-state index in [9.17, 15) is 0 Å². The monoisotopic (exact) mass is 274 g/mol. The number of aryl methyl sites for hydroxylation is 1. The van der Waals surface area contributed by atoms with E-state index in [0.29, 0.717) is 0 Å². The molecule has 0 aromatic heterocycles. The number of hydrogen-bond donors (Lipinski definition) is 1. The Morgan fingerprint density at radius 1 is 1.25 bits per heavy atom. The fourth-order valence-corrected chi connectivity index (χ4v) is 3.14. The van der Waals surface area contributed by atoms with Crippen LogP contribution in [0.2, 0.25) is 0 Å². The molecule has 0 bridgehead atoms. The molecule has 1 saturated heterocycles. The molecule has 20 heavy (non-hydrogen) atoms. The first-order valence-electron chi connectivity index (χ1n) is 7.87. The zero-order valence-corrected chi connectivity index (χ0v) is 12.7. The Bertz CT molecular complexity index is 464. The highest BCUT2D eigenvalue weighted by Gasteiger charge is 2.28. The van der Waals surface area contributed by atoms with Crippen LogP contribution in [0.15, 0.2) is 18.2 Å². The number of nitrogens with zero attached hydrogens (tertiary/aromatic N) is 1. The van der Waals surface area contributed by atoms with Crippen molar-refractivity contribution in [3.8, 4) is 5.75 Å². The molecule has 110 valence electrons. The first-order chi connectivity index (χ1) is 9.64. The molecule has 1 fully saturated rings. The highest BCUT2D eigenvalue weighted by molar-refractivity contribution is 5.43. The predicted octanol–water partition coefficient (Wildman–Crippen LogP) is 2.24. The van der Waals surface area contributed by atoms with Crippen LogP contribution in [-0.4, -0.2) is 43.2 Å². The lowest BCUT2D eigenvalue weighted by Gasteiger charge is -2.34. The largest absolute Gasteiger partial charge is 0.487 e. The van der Waals surface area contributed by atoms with E-state index in [-0.39, 0.29) is 5.60 Å². The van der Waals surface area contributed by atoms with Crippen LogP contribution >= 0.6 is 0 Å². The molecule has 0 saturated carbocycles. The Morgan fingerprint density at radius 3 is 2.85 bits per heavy atom. The van der Waals surface area contributed by atoms with Gasteiger partial charge in [0, 0.05) is 32.7 Å². The first kappa shape index (κ1) is 13.9. The summed E-state index contributed by atoms with van der Waals surface area (Å²) in [6.07, 6.45) is 3.35. The summed E-state index contributed by atoms with van der Waals surface area (Å²) in [4.78, 5) is 2.55. The van der Waals surface area contributed by atoms with Gasteiger partial charge in [-0.05, 0) is 44.2 Å². The molecule has 0 atom stereocenters. The van der Waals surface area contributed by atoms with E-state index in [1.165, 1.54) is 30.0 Å². The molecule has 2 heterocycles. The van der Waals surface area contributed by atoms with Crippen LogP contribution in [0, 0.1) is 0 Å². The van der Waals surface area contributed by atoms with Crippen molar-refractivity contribution in [2.24, 2.45) is 0 Å². The Morgan fingerprint density at radius 2 is 2.05 bits per heavy atom. The Labute approximate surface area is 122 Å². The van der Waals surface area contributed by atoms with Crippen LogP contribution in [0.5, 0.6) is 5.75 Å². The van der Waals surface area contributed by atoms with Crippen LogP contribution in [0.4, 0.5) is 0 Å². The van der Waals surface area contributed by atoms with Crippen molar-refractivity contribution in [3.63, 3.8) is 0 Å². The highest BCUT2D eigenvalue weighted by atomic mass is 16.5. The SMILES string of the molecule is CC1(C)CCc2cccc(CCN3CCNCC3)c2O1. The molecule has 0 unspecified atom stereocenters. The fraction of sp³-hybridized carbons (Fsp3) is 0.647. The molecule has 3 rings (SSSR count). The lowest BCUT2D eigenvalue weighted by atomic mass is 9.92. The summed E-state index contributed by atoms with van der Waals surface area (Å²) in [5.41, 5.74) is 2.76. The van der Waals surface area contributed by atoms with Gasteiger partial charge in [-0.2, -0.15) is 0 Å². The van der Waals surface area contributed by atoms with Gasteiger partial charge in [-0.15, -0.1) is 0 Å². The number of nitrogens with one attached hydrogen (secondary N) is 1. The first-order valence-corrected chi connectivity index (χ1v) is 7.87. The van der Waals surface area contributed by atoms with Crippen molar-refractivity contribution in [1.82, 2.24) is 10.2 Å². The lowest BCUT2D eigenvalue weighted by molar-refractivity contribution is 0.0830. The van der Waals surface area contributed by atoms with Crippen molar-refractivity contribution < 1.29 is 4.74 Å². The summed E-state index contributed by atoms with van der Waals surface area (Å²) in [6, 6.07) is 6.65. The highest BCUT2D eigenvalue weighted by Crippen LogP contribution is 2.35. The summed E-state index contributed by atoms with van der Waals surface area (Å²) in [5, 5.41) is 3.41. The molecule has 1 N–H and O–H groups in total. The van der Waals surface area contributed by atoms with Gasteiger partial charge >= 0.3 is 0 Å². The van der Waals surface area contributed by atoms with Crippen molar-refractivity contribution in [3.05, 3.63) is 29.3 Å². The maximum atomic E-state index is 6.26. The van der Waals surface area contributed by atoms with E-state index in [0.717, 1.165) is 38.9 Å². The van der Waals surface area contributed by atoms with Crippen LogP contribution in [0.25, 0.3) is 0 Å². The number of hydrogen-bond acceptors (Lipinski definition) is 3. The van der Waals surface area contributed by atoms with Gasteiger partial charge in [-0.3, -0.25) is 0 Å². The number of para-hydroxylation sites is 1. The number of ether oxygens (including phenoxy) is 1. The molecular weight excluding hydrogens is 248 g/mol. The van der Waals surface area contributed by atoms with Crippen molar-refractivity contribution in [1.29, 1.82) is 0 Å². The average Bonchev–Trinajstić information content (AvgIpc) is 2.45. The van der Waals surface area contributed by atoms with Gasteiger partial charge in [0.05, 0.1) is 0 Å². The topological polar surface area (TPSA) is 24.5 Å². The van der Waals surface area contributed by atoms with Gasteiger partial charge in [0.2, 0.25) is 0 Å². The van der Waals surface area contributed by atoms with E-state index >= 15 is 0 Å². The summed E-state index contributed by atoms with van der Waals surface area (Å²) in [5.74, 6) is 1.17. The summed E-state index contributed by atoms with van der Waals surface area (Å²) >= 11 is 0. The Hall–Kier alpha value is -1.06. The average molecular weight is 274 g/mol. The predicted molar refractivity (Wildman–Crippen MR) is 82.5 cm³/mol. The van der Waals surface area contributed by atoms with Crippen LogP contribution in [0.3, 0.4) is 0 Å². The quantitative estimate of drug-likeness (QED) is 0.915. The van der Waals surface area contributed by atoms with E-state index < -0.39 is 0 Å². The molecule has 2 aliphatic heterocycles. The Balaban J connectivity index is 1.70. The number of rotatable bonds is 3. The molecule has 3 heteroatoms. The summed E-state index contributed by atoms with van der Waals surface area (Å²) in [6.45, 7) is 10.1. The standard InChI is InChI=1S/C17H26N2O/c1-17(2)8-6-14-4-3-5-15(16(14)20-17)7-11-19-12-9-18-10-13-19/h3-5,18H,6-13H2,1-2H3. The van der Waals surface area contributed by atoms with Crippen molar-refractivity contribution in [2.75, 3.05) is 32.7 Å². The second-order valence-electron chi connectivity index (χ2n) is 6.61. The van der Waals surface area contributed by atoms with Crippen molar-refractivity contribution >= 4 is 0 Å².